The topological polar surface area (TPSA) is 62.8 Å². The van der Waals surface area contributed by atoms with Gasteiger partial charge in [-0.25, -0.2) is 4.98 Å². The smallest absolute Gasteiger partial charge is 0.124 e. The van der Waals surface area contributed by atoms with Crippen molar-refractivity contribution in [1.82, 2.24) is 4.98 Å². The normalized spacial score (nSPS) is 10.7. The van der Waals surface area contributed by atoms with Gasteiger partial charge in [-0.3, -0.25) is 5.41 Å². The first-order chi connectivity index (χ1) is 7.02. The Morgan fingerprint density at radius 2 is 2.33 bits per heavy atom. The lowest BCUT2D eigenvalue weighted by Gasteiger charge is -2.08. The van der Waals surface area contributed by atoms with Crippen LogP contribution in [-0.2, 0) is 0 Å². The molecule has 15 heavy (non-hydrogen) atoms. The monoisotopic (exact) mass is 243 g/mol. The Morgan fingerprint density at radius 3 is 2.87 bits per heavy atom. The Bertz CT molecular complexity index is 366. The van der Waals surface area contributed by atoms with Crippen LogP contribution in [0.1, 0.15) is 19.4 Å². The minimum atomic E-state index is -0.0196. The molecule has 0 atom stereocenters. The van der Waals surface area contributed by atoms with Crippen molar-refractivity contribution >= 4 is 29.2 Å². The third-order valence-corrected chi connectivity index (χ3v) is 3.61. The highest BCUT2D eigenvalue weighted by Crippen LogP contribution is 2.28. The van der Waals surface area contributed by atoms with Crippen molar-refractivity contribution in [3.8, 4) is 0 Å². The molecular formula is C10H14ClN3S. The fraction of sp³-hybridized carbons (Fsp3) is 0.400. The first kappa shape index (κ1) is 12.3. The van der Waals surface area contributed by atoms with Gasteiger partial charge in [0.25, 0.3) is 0 Å². The summed E-state index contributed by atoms with van der Waals surface area (Å²) in [6.45, 7) is 4.27. The summed E-state index contributed by atoms with van der Waals surface area (Å²) in [6.07, 6.45) is 1.63. The van der Waals surface area contributed by atoms with E-state index in [1.165, 1.54) is 0 Å². The predicted octanol–water partition coefficient (Wildman–Crippen LogP) is 2.77. The molecule has 3 nitrogen and oxygen atoms in total. The molecule has 0 aromatic carbocycles. The molecule has 0 aliphatic rings. The van der Waals surface area contributed by atoms with Crippen LogP contribution < -0.4 is 5.73 Å². The van der Waals surface area contributed by atoms with Crippen LogP contribution in [0.25, 0.3) is 0 Å². The first-order valence-electron chi connectivity index (χ1n) is 4.64. The van der Waals surface area contributed by atoms with Crippen molar-refractivity contribution in [2.75, 3.05) is 5.75 Å². The van der Waals surface area contributed by atoms with Crippen LogP contribution >= 0.6 is 23.4 Å². The summed E-state index contributed by atoms with van der Waals surface area (Å²) in [6, 6.07) is 1.66. The SMILES string of the molecule is CC(C)CSc1nccc(C(=N)N)c1Cl. The van der Waals surface area contributed by atoms with Gasteiger partial charge in [-0.15, -0.1) is 11.8 Å². The summed E-state index contributed by atoms with van der Waals surface area (Å²) in [4.78, 5) is 4.17. The molecule has 1 aromatic heterocycles. The van der Waals surface area contributed by atoms with Gasteiger partial charge in [-0.2, -0.15) is 0 Å². The Balaban J connectivity index is 2.89. The Morgan fingerprint density at radius 1 is 1.67 bits per heavy atom. The van der Waals surface area contributed by atoms with E-state index in [4.69, 9.17) is 22.7 Å². The lowest BCUT2D eigenvalue weighted by molar-refractivity contribution is 0.749. The van der Waals surface area contributed by atoms with Crippen LogP contribution in [0.4, 0.5) is 0 Å². The van der Waals surface area contributed by atoms with E-state index in [0.29, 0.717) is 16.5 Å². The molecule has 0 aliphatic heterocycles. The highest BCUT2D eigenvalue weighted by Gasteiger charge is 2.10. The molecule has 3 N–H and O–H groups in total. The van der Waals surface area contributed by atoms with Crippen molar-refractivity contribution in [2.24, 2.45) is 11.7 Å². The van der Waals surface area contributed by atoms with Gasteiger partial charge in [0.05, 0.1) is 5.02 Å². The van der Waals surface area contributed by atoms with E-state index in [1.54, 1.807) is 24.0 Å². The van der Waals surface area contributed by atoms with Crippen LogP contribution in [0.3, 0.4) is 0 Å². The van der Waals surface area contributed by atoms with Gasteiger partial charge in [0.1, 0.15) is 10.9 Å². The Labute approximate surface area is 98.9 Å². The van der Waals surface area contributed by atoms with Gasteiger partial charge >= 0.3 is 0 Å². The molecule has 0 saturated carbocycles. The fourth-order valence-corrected chi connectivity index (χ4v) is 2.22. The van der Waals surface area contributed by atoms with Crippen LogP contribution in [0.15, 0.2) is 17.3 Å². The molecule has 0 amide bonds. The van der Waals surface area contributed by atoms with Gasteiger partial charge in [0.15, 0.2) is 0 Å². The largest absolute Gasteiger partial charge is 0.384 e. The van der Waals surface area contributed by atoms with Crippen molar-refractivity contribution in [1.29, 1.82) is 5.41 Å². The maximum atomic E-state index is 7.35. The number of halogens is 1. The van der Waals surface area contributed by atoms with Gasteiger partial charge in [-0.1, -0.05) is 25.4 Å². The number of aromatic nitrogens is 1. The van der Waals surface area contributed by atoms with Crippen LogP contribution in [0.5, 0.6) is 0 Å². The van der Waals surface area contributed by atoms with E-state index in [-0.39, 0.29) is 5.84 Å². The van der Waals surface area contributed by atoms with E-state index >= 15 is 0 Å². The van der Waals surface area contributed by atoms with Crippen molar-refractivity contribution < 1.29 is 0 Å². The predicted molar refractivity (Wildman–Crippen MR) is 65.8 cm³/mol. The van der Waals surface area contributed by atoms with Gasteiger partial charge in [0.2, 0.25) is 0 Å². The Kier molecular flexibility index (Phi) is 4.42. The minimum Gasteiger partial charge on any atom is -0.384 e. The highest BCUT2D eigenvalue weighted by molar-refractivity contribution is 7.99. The van der Waals surface area contributed by atoms with Crippen LogP contribution in [-0.4, -0.2) is 16.6 Å². The number of nitrogens with zero attached hydrogens (tertiary/aromatic N) is 1. The molecule has 0 spiro atoms. The number of nitrogens with two attached hydrogens (primary N) is 1. The zero-order chi connectivity index (χ0) is 11.4. The molecular weight excluding hydrogens is 230 g/mol. The molecule has 1 heterocycles. The average molecular weight is 244 g/mol. The number of hydrogen-bond donors (Lipinski definition) is 2. The summed E-state index contributed by atoms with van der Waals surface area (Å²) in [5.74, 6) is 1.51. The van der Waals surface area contributed by atoms with E-state index in [0.717, 1.165) is 10.8 Å². The number of nitrogens with one attached hydrogen (secondary N) is 1. The zero-order valence-electron chi connectivity index (χ0n) is 8.75. The molecule has 0 fully saturated rings. The third-order valence-electron chi connectivity index (χ3n) is 1.70. The van der Waals surface area contributed by atoms with E-state index in [1.807, 2.05) is 0 Å². The zero-order valence-corrected chi connectivity index (χ0v) is 10.3. The van der Waals surface area contributed by atoms with Crippen molar-refractivity contribution in [2.45, 2.75) is 18.9 Å². The van der Waals surface area contributed by atoms with E-state index in [2.05, 4.69) is 18.8 Å². The summed E-state index contributed by atoms with van der Waals surface area (Å²) in [5.41, 5.74) is 5.95. The standard InChI is InChI=1S/C10H14ClN3S/c1-6(2)5-15-10-8(11)7(9(12)13)3-4-14-10/h3-4,6H,5H2,1-2H3,(H3,12,13). The van der Waals surface area contributed by atoms with E-state index in [9.17, 15) is 0 Å². The lowest BCUT2D eigenvalue weighted by Crippen LogP contribution is -2.12. The number of hydrogen-bond acceptors (Lipinski definition) is 3. The summed E-state index contributed by atoms with van der Waals surface area (Å²) in [7, 11) is 0. The van der Waals surface area contributed by atoms with E-state index < -0.39 is 0 Å². The second kappa shape index (κ2) is 5.37. The van der Waals surface area contributed by atoms with Crippen molar-refractivity contribution in [3.05, 3.63) is 22.8 Å². The Hall–Kier alpha value is -0.740. The highest BCUT2D eigenvalue weighted by atomic mass is 35.5. The number of thioether (sulfide) groups is 1. The molecule has 0 bridgehead atoms. The maximum Gasteiger partial charge on any atom is 0.124 e. The quantitative estimate of drug-likeness (QED) is 0.486. The fourth-order valence-electron chi connectivity index (χ4n) is 0.979. The molecule has 1 rings (SSSR count). The van der Waals surface area contributed by atoms with Gasteiger partial charge in [0, 0.05) is 17.5 Å². The van der Waals surface area contributed by atoms with Gasteiger partial charge in [-0.05, 0) is 12.0 Å². The molecule has 1 aromatic rings. The lowest BCUT2D eigenvalue weighted by atomic mass is 10.2. The number of nitrogen functional groups attached to an aromatic ring is 1. The number of pyridine rings is 1. The summed E-state index contributed by atoms with van der Waals surface area (Å²) >= 11 is 7.67. The third kappa shape index (κ3) is 3.39. The molecule has 5 heteroatoms. The average Bonchev–Trinajstić information content (AvgIpc) is 2.15. The second-order valence-electron chi connectivity index (χ2n) is 3.60. The second-order valence-corrected chi connectivity index (χ2v) is 4.98. The van der Waals surface area contributed by atoms with Crippen LogP contribution in [0.2, 0.25) is 5.02 Å². The summed E-state index contributed by atoms with van der Waals surface area (Å²) < 4.78 is 0. The van der Waals surface area contributed by atoms with Gasteiger partial charge < -0.3 is 5.73 Å². The first-order valence-corrected chi connectivity index (χ1v) is 6.00. The summed E-state index contributed by atoms with van der Waals surface area (Å²) in [5, 5.41) is 8.58. The molecule has 0 aliphatic carbocycles. The number of amidine groups is 1. The molecule has 0 saturated heterocycles. The van der Waals surface area contributed by atoms with Crippen LogP contribution in [0, 0.1) is 11.3 Å². The molecule has 0 unspecified atom stereocenters. The molecule has 0 radical (unpaired) electrons. The van der Waals surface area contributed by atoms with Crippen molar-refractivity contribution in [3.63, 3.8) is 0 Å². The maximum absolute atomic E-state index is 7.35. The number of rotatable bonds is 4. The molecule has 82 valence electrons. The minimum absolute atomic E-state index is 0.0196.